The highest BCUT2D eigenvalue weighted by atomic mass is 19.4. The maximum atomic E-state index is 13.5. The summed E-state index contributed by atoms with van der Waals surface area (Å²) in [6.07, 6.45) is -3.47. The van der Waals surface area contributed by atoms with E-state index < -0.39 is 30.5 Å². The molecule has 2 amide bonds. The van der Waals surface area contributed by atoms with Crippen LogP contribution >= 0.6 is 0 Å². The second-order valence-corrected chi connectivity index (χ2v) is 9.10. The van der Waals surface area contributed by atoms with Gasteiger partial charge in [0.1, 0.15) is 18.4 Å². The fraction of sp³-hybridized carbons (Fsp3) is 0.360. The molecule has 2 aliphatic rings. The summed E-state index contributed by atoms with van der Waals surface area (Å²) in [6.45, 7) is 2.38. The fourth-order valence-electron chi connectivity index (χ4n) is 4.63. The summed E-state index contributed by atoms with van der Waals surface area (Å²) >= 11 is 0. The zero-order valence-electron chi connectivity index (χ0n) is 20.3. The highest BCUT2D eigenvalue weighted by Crippen LogP contribution is 2.42. The van der Waals surface area contributed by atoms with Gasteiger partial charge in [-0.1, -0.05) is 12.1 Å². The third-order valence-electron chi connectivity index (χ3n) is 6.40. The number of halogens is 3. The lowest BCUT2D eigenvalue weighted by molar-refractivity contribution is -0.137. The van der Waals surface area contributed by atoms with Crippen LogP contribution in [0.25, 0.3) is 11.4 Å². The topological polar surface area (TPSA) is 124 Å². The minimum absolute atomic E-state index is 0.0923. The Hall–Kier alpha value is -3.97. The average molecular weight is 531 g/mol. The lowest BCUT2D eigenvalue weighted by Crippen LogP contribution is -2.48. The highest BCUT2D eigenvalue weighted by molar-refractivity contribution is 6.05. The molecule has 2 aromatic heterocycles. The maximum absolute atomic E-state index is 13.5. The van der Waals surface area contributed by atoms with Gasteiger partial charge in [0.2, 0.25) is 5.88 Å². The fourth-order valence-corrected chi connectivity index (χ4v) is 4.63. The van der Waals surface area contributed by atoms with Crippen LogP contribution in [0.2, 0.25) is 0 Å². The molecule has 3 aromatic rings. The molecule has 2 bridgehead atoms. The van der Waals surface area contributed by atoms with Crippen molar-refractivity contribution in [3.63, 3.8) is 0 Å². The first-order valence-electron chi connectivity index (χ1n) is 11.9. The summed E-state index contributed by atoms with van der Waals surface area (Å²) in [6, 6.07) is 7.17. The molecule has 2 aliphatic heterocycles. The number of hydrogen-bond acceptors (Lipinski definition) is 8. The molecule has 2 atom stereocenters. The molecule has 0 saturated carbocycles. The summed E-state index contributed by atoms with van der Waals surface area (Å²) < 4.78 is 45.3. The van der Waals surface area contributed by atoms with Crippen molar-refractivity contribution in [2.75, 3.05) is 41.4 Å². The zero-order chi connectivity index (χ0) is 27.0. The number of rotatable bonds is 6. The van der Waals surface area contributed by atoms with E-state index in [-0.39, 0.29) is 29.9 Å². The average Bonchev–Trinajstić information content (AvgIpc) is 3.29. The number of pyridine rings is 1. The van der Waals surface area contributed by atoms with Crippen molar-refractivity contribution in [1.29, 1.82) is 0 Å². The van der Waals surface area contributed by atoms with Crippen molar-refractivity contribution in [3.8, 4) is 17.3 Å². The summed E-state index contributed by atoms with van der Waals surface area (Å²) in [5.74, 6) is 0.564. The SMILES string of the molecule is Cc1nc(-c2cccc(C(F)(F)F)c2)nc2c1N1CCC(C1)N2C(=O)Nc1ccnc(OC[C@@H](O)CO)c1. The number of aryl methyl sites for hydroxylation is 1. The first-order chi connectivity index (χ1) is 18.1. The number of nitrogens with one attached hydrogen (secondary N) is 1. The number of nitrogens with zero attached hydrogens (tertiary/aromatic N) is 5. The molecule has 4 heterocycles. The second-order valence-electron chi connectivity index (χ2n) is 9.10. The van der Waals surface area contributed by atoms with Gasteiger partial charge < -0.3 is 25.2 Å². The van der Waals surface area contributed by atoms with Crippen LogP contribution in [0.1, 0.15) is 17.7 Å². The van der Waals surface area contributed by atoms with Gasteiger partial charge in [0.25, 0.3) is 0 Å². The standard InChI is InChI=1S/C25H25F3N6O4/c1-14-21-23(32-22(30-14)15-3-2-4-16(9-15)25(26,27)28)34(18-6-8-33(21)11-18)24(37)31-17-5-7-29-20(10-17)38-13-19(36)12-35/h2-5,7,9-10,18-19,35-36H,6,8,11-13H2,1H3,(H,29,31,37)/t18?,19-/m0/s1. The van der Waals surface area contributed by atoms with Gasteiger partial charge in [-0.15, -0.1) is 0 Å². The van der Waals surface area contributed by atoms with E-state index in [9.17, 15) is 23.1 Å². The minimum Gasteiger partial charge on any atom is -0.475 e. The molecule has 5 rings (SSSR count). The van der Waals surface area contributed by atoms with E-state index in [0.29, 0.717) is 42.4 Å². The van der Waals surface area contributed by atoms with Crippen molar-refractivity contribution < 1.29 is 32.9 Å². The first kappa shape index (κ1) is 25.7. The lowest BCUT2D eigenvalue weighted by Gasteiger charge is -2.36. The number of aliphatic hydroxyl groups excluding tert-OH is 2. The molecule has 3 N–H and O–H groups in total. The Balaban J connectivity index is 1.46. The van der Waals surface area contributed by atoms with Gasteiger partial charge in [-0.05, 0) is 31.5 Å². The summed E-state index contributed by atoms with van der Waals surface area (Å²) in [5, 5.41) is 21.2. The predicted octanol–water partition coefficient (Wildman–Crippen LogP) is 3.23. The van der Waals surface area contributed by atoms with Crippen LogP contribution < -0.4 is 19.9 Å². The molecule has 10 nitrogen and oxygen atoms in total. The van der Waals surface area contributed by atoms with E-state index in [1.165, 1.54) is 29.3 Å². The number of carbonyl (C=O) groups is 1. The van der Waals surface area contributed by atoms with Gasteiger partial charge in [0.05, 0.1) is 23.9 Å². The number of benzene rings is 1. The number of carbonyl (C=O) groups excluding carboxylic acids is 1. The van der Waals surface area contributed by atoms with Crippen LogP contribution in [0.5, 0.6) is 5.88 Å². The van der Waals surface area contributed by atoms with E-state index in [2.05, 4.69) is 25.2 Å². The monoisotopic (exact) mass is 530 g/mol. The van der Waals surface area contributed by atoms with E-state index in [0.717, 1.165) is 12.1 Å². The number of alkyl halides is 3. The van der Waals surface area contributed by atoms with Crippen LogP contribution in [0.4, 0.5) is 35.2 Å². The minimum atomic E-state index is -4.51. The molecule has 1 fully saturated rings. The van der Waals surface area contributed by atoms with Crippen molar-refractivity contribution in [2.24, 2.45) is 0 Å². The number of aromatic nitrogens is 3. The van der Waals surface area contributed by atoms with Gasteiger partial charge in [-0.2, -0.15) is 13.2 Å². The number of anilines is 3. The predicted molar refractivity (Wildman–Crippen MR) is 132 cm³/mol. The number of fused-ring (bicyclic) bond motifs is 4. The van der Waals surface area contributed by atoms with Crippen molar-refractivity contribution >= 4 is 23.2 Å². The van der Waals surface area contributed by atoms with Crippen LogP contribution in [0.3, 0.4) is 0 Å². The molecule has 1 aromatic carbocycles. The summed E-state index contributed by atoms with van der Waals surface area (Å²) in [5.41, 5.74) is 0.989. The van der Waals surface area contributed by atoms with Crippen LogP contribution in [0, 0.1) is 6.92 Å². The maximum Gasteiger partial charge on any atom is 0.416 e. The summed E-state index contributed by atoms with van der Waals surface area (Å²) in [7, 11) is 0. The van der Waals surface area contributed by atoms with Crippen molar-refractivity contribution in [1.82, 2.24) is 15.0 Å². The molecule has 0 radical (unpaired) electrons. The Morgan fingerprint density at radius 2 is 2.08 bits per heavy atom. The Morgan fingerprint density at radius 3 is 2.84 bits per heavy atom. The van der Waals surface area contributed by atoms with Crippen molar-refractivity contribution in [2.45, 2.75) is 31.7 Å². The Kier molecular flexibility index (Phi) is 6.80. The molecule has 0 aliphatic carbocycles. The Labute approximate surface area is 215 Å². The number of aliphatic hydroxyl groups is 2. The zero-order valence-corrected chi connectivity index (χ0v) is 20.3. The lowest BCUT2D eigenvalue weighted by atomic mass is 10.1. The third kappa shape index (κ3) is 5.07. The van der Waals surface area contributed by atoms with Crippen LogP contribution in [0.15, 0.2) is 42.6 Å². The Bertz CT molecular complexity index is 1350. The molecule has 1 saturated heterocycles. The van der Waals surface area contributed by atoms with Gasteiger partial charge in [0.15, 0.2) is 11.6 Å². The van der Waals surface area contributed by atoms with Gasteiger partial charge >= 0.3 is 12.2 Å². The van der Waals surface area contributed by atoms with E-state index >= 15 is 0 Å². The van der Waals surface area contributed by atoms with Gasteiger partial charge in [-0.3, -0.25) is 4.90 Å². The van der Waals surface area contributed by atoms with E-state index in [4.69, 9.17) is 9.84 Å². The van der Waals surface area contributed by atoms with Gasteiger partial charge in [0, 0.05) is 36.6 Å². The van der Waals surface area contributed by atoms with E-state index in [1.807, 2.05) is 0 Å². The molecule has 38 heavy (non-hydrogen) atoms. The number of hydrogen-bond donors (Lipinski definition) is 3. The first-order valence-corrected chi connectivity index (χ1v) is 11.9. The van der Waals surface area contributed by atoms with Crippen LogP contribution in [-0.2, 0) is 6.18 Å². The molecule has 13 heteroatoms. The molecular formula is C25H25F3N6O4. The van der Waals surface area contributed by atoms with Crippen molar-refractivity contribution in [3.05, 3.63) is 53.9 Å². The summed E-state index contributed by atoms with van der Waals surface area (Å²) in [4.78, 5) is 30.3. The number of amides is 2. The quantitative estimate of drug-likeness (QED) is 0.444. The third-order valence-corrected chi connectivity index (χ3v) is 6.40. The molecule has 0 spiro atoms. The molecule has 200 valence electrons. The number of urea groups is 1. The smallest absolute Gasteiger partial charge is 0.416 e. The second kappa shape index (κ2) is 10.1. The van der Waals surface area contributed by atoms with E-state index in [1.54, 1.807) is 13.0 Å². The van der Waals surface area contributed by atoms with Gasteiger partial charge in [-0.25, -0.2) is 19.7 Å². The highest BCUT2D eigenvalue weighted by Gasteiger charge is 2.42. The normalized spacial score (nSPS) is 17.3. The number of ether oxygens (including phenoxy) is 1. The molecule has 1 unspecified atom stereocenters. The largest absolute Gasteiger partial charge is 0.475 e. The molecular weight excluding hydrogens is 505 g/mol. The Morgan fingerprint density at radius 1 is 1.26 bits per heavy atom. The van der Waals surface area contributed by atoms with Crippen LogP contribution in [-0.4, -0.2) is 69.6 Å².